The third-order valence-electron chi connectivity index (χ3n) is 7.69. The fourth-order valence-corrected chi connectivity index (χ4v) is 5.18. The number of methoxy groups -OCH3 is 1. The highest BCUT2D eigenvalue weighted by atomic mass is 19.4. The van der Waals surface area contributed by atoms with Crippen LogP contribution < -0.4 is 26.6 Å². The van der Waals surface area contributed by atoms with Crippen molar-refractivity contribution in [3.05, 3.63) is 105 Å². The van der Waals surface area contributed by atoms with Crippen LogP contribution in [0, 0.1) is 5.41 Å². The minimum Gasteiger partial charge on any atom is -0.493 e. The number of hydrogen-bond donors (Lipinski definition) is 5. The van der Waals surface area contributed by atoms with E-state index in [0.29, 0.717) is 48.9 Å². The number of amides is 2. The lowest BCUT2D eigenvalue weighted by Gasteiger charge is -2.19. The second-order valence-electron chi connectivity index (χ2n) is 11.0. The van der Waals surface area contributed by atoms with Gasteiger partial charge in [0.25, 0.3) is 5.91 Å². The van der Waals surface area contributed by atoms with E-state index in [1.165, 1.54) is 6.07 Å². The Kier molecular flexibility index (Phi) is 11.6. The molecule has 5 rings (SSSR count). The van der Waals surface area contributed by atoms with Gasteiger partial charge in [-0.1, -0.05) is 42.5 Å². The maximum Gasteiger partial charge on any atom is 0.490 e. The molecule has 1 saturated heterocycles. The number of nitrogens with two attached hydrogens (primary N) is 2. The first-order chi connectivity index (χ1) is 23.7. The summed E-state index contributed by atoms with van der Waals surface area (Å²) in [4.78, 5) is 50.7. The number of amidine groups is 1. The zero-order chi connectivity index (χ0) is 36.6. The Morgan fingerprint density at radius 3 is 2.32 bits per heavy atom. The minimum atomic E-state index is -5.08. The van der Waals surface area contributed by atoms with Crippen LogP contribution in [0.1, 0.15) is 51.6 Å². The number of aromatic amines is 1. The molecule has 0 bridgehead atoms. The number of aliphatic carboxylic acids is 1. The highest BCUT2D eigenvalue weighted by Gasteiger charge is 2.38. The third-order valence-corrected chi connectivity index (χ3v) is 7.69. The molecule has 17 heteroatoms. The molecule has 1 aliphatic rings. The standard InChI is InChI=1S/C31H33N7O5.C2HF3O2/c1-42-26-18-21(12-13-25(26)43-16-15-37-14-4-7-27(37)39)23(17-19-8-10-20(11-9-19)28(32)33)30-35-31(41)38(36-30)24-6-3-2-5-22(24)29(34)40;3-2(4,5)1(6)7/h2-3,5-6,8-13,18,23H,4,7,14-17H2,1H3,(H3,32,33)(H2,34,40)(H,35,36,41);(H,6,7). The lowest BCUT2D eigenvalue weighted by atomic mass is 9.90. The van der Waals surface area contributed by atoms with Gasteiger partial charge in [-0.2, -0.15) is 17.9 Å². The van der Waals surface area contributed by atoms with Crippen LogP contribution in [-0.2, 0) is 16.0 Å². The number of nitrogen functional groups attached to an aromatic ring is 1. The molecule has 0 aliphatic carbocycles. The number of nitrogens with one attached hydrogen (secondary N) is 2. The number of carboxylic acids is 1. The molecule has 14 nitrogen and oxygen atoms in total. The number of H-pyrrole nitrogens is 1. The summed E-state index contributed by atoms with van der Waals surface area (Å²) in [7, 11) is 1.54. The summed E-state index contributed by atoms with van der Waals surface area (Å²) in [6, 6.07) is 19.3. The SMILES string of the molecule is COc1cc(C(Cc2ccc(C(=N)N)cc2)c2nn(-c3ccccc3C(N)=O)c(=O)[nH]2)ccc1OCCN1CCCC1=O.O=C(O)C(F)(F)F. The number of primary amides is 1. The van der Waals surface area contributed by atoms with Crippen molar-refractivity contribution in [2.45, 2.75) is 31.4 Å². The Hall–Kier alpha value is -6.13. The number of carboxylic acid groups (broad SMARTS) is 1. The first-order valence-electron chi connectivity index (χ1n) is 15.1. The van der Waals surface area contributed by atoms with Gasteiger partial charge < -0.3 is 30.9 Å². The lowest BCUT2D eigenvalue weighted by molar-refractivity contribution is -0.192. The Labute approximate surface area is 282 Å². The number of ether oxygens (including phenoxy) is 2. The zero-order valence-corrected chi connectivity index (χ0v) is 26.7. The number of aromatic nitrogens is 3. The van der Waals surface area contributed by atoms with Crippen LogP contribution >= 0.6 is 0 Å². The van der Waals surface area contributed by atoms with Gasteiger partial charge in [0.15, 0.2) is 11.5 Å². The molecule has 1 aliphatic heterocycles. The lowest BCUT2D eigenvalue weighted by Crippen LogP contribution is -2.29. The molecule has 1 atom stereocenters. The van der Waals surface area contributed by atoms with Crippen LogP contribution in [-0.4, -0.2) is 81.4 Å². The van der Waals surface area contributed by atoms with Crippen molar-refractivity contribution in [3.63, 3.8) is 0 Å². The molecule has 2 amide bonds. The van der Waals surface area contributed by atoms with Crippen molar-refractivity contribution in [3.8, 4) is 17.2 Å². The van der Waals surface area contributed by atoms with Crippen molar-refractivity contribution >= 4 is 23.6 Å². The fraction of sp³-hybridized carbons (Fsp3) is 0.273. The average molecular weight is 698 g/mol. The van der Waals surface area contributed by atoms with E-state index < -0.39 is 29.7 Å². The summed E-state index contributed by atoms with van der Waals surface area (Å²) in [6.45, 7) is 1.56. The predicted molar refractivity (Wildman–Crippen MR) is 174 cm³/mol. The van der Waals surface area contributed by atoms with E-state index in [-0.39, 0.29) is 23.0 Å². The molecule has 50 heavy (non-hydrogen) atoms. The van der Waals surface area contributed by atoms with Crippen molar-refractivity contribution in [2.24, 2.45) is 11.5 Å². The Morgan fingerprint density at radius 1 is 1.06 bits per heavy atom. The van der Waals surface area contributed by atoms with Gasteiger partial charge in [-0.15, -0.1) is 5.10 Å². The topological polar surface area (TPSA) is 220 Å². The number of alkyl halides is 3. The highest BCUT2D eigenvalue weighted by Crippen LogP contribution is 2.34. The summed E-state index contributed by atoms with van der Waals surface area (Å²) in [5.74, 6) is -2.40. The predicted octanol–water partition coefficient (Wildman–Crippen LogP) is 2.96. The third kappa shape index (κ3) is 9.06. The van der Waals surface area contributed by atoms with E-state index in [1.807, 2.05) is 24.3 Å². The first kappa shape index (κ1) is 36.7. The summed E-state index contributed by atoms with van der Waals surface area (Å²) in [5.41, 5.74) is 13.4. The fourth-order valence-electron chi connectivity index (χ4n) is 5.18. The van der Waals surface area contributed by atoms with Gasteiger partial charge >= 0.3 is 17.8 Å². The number of hydrogen-bond acceptors (Lipinski definition) is 8. The summed E-state index contributed by atoms with van der Waals surface area (Å²) in [6.07, 6.45) is -3.21. The normalized spacial score (nSPS) is 13.3. The molecular weight excluding hydrogens is 663 g/mol. The first-order valence-corrected chi connectivity index (χ1v) is 15.1. The van der Waals surface area contributed by atoms with Crippen molar-refractivity contribution in [1.29, 1.82) is 5.41 Å². The number of carbonyl (C=O) groups excluding carboxylic acids is 2. The average Bonchev–Trinajstić information content (AvgIpc) is 3.68. The van der Waals surface area contributed by atoms with Gasteiger partial charge in [0.1, 0.15) is 18.3 Å². The van der Waals surface area contributed by atoms with Crippen LogP contribution in [0.3, 0.4) is 0 Å². The number of rotatable bonds is 12. The molecule has 2 heterocycles. The van der Waals surface area contributed by atoms with Gasteiger partial charge in [0.05, 0.1) is 24.9 Å². The molecule has 264 valence electrons. The van der Waals surface area contributed by atoms with Gasteiger partial charge in [0.2, 0.25) is 5.91 Å². The van der Waals surface area contributed by atoms with Gasteiger partial charge in [-0.05, 0) is 48.2 Å². The van der Waals surface area contributed by atoms with E-state index >= 15 is 0 Å². The van der Waals surface area contributed by atoms with E-state index in [9.17, 15) is 27.6 Å². The minimum absolute atomic E-state index is 0.0336. The molecular formula is C33H34F3N7O7. The summed E-state index contributed by atoms with van der Waals surface area (Å²) in [5, 5.41) is 19.4. The largest absolute Gasteiger partial charge is 0.493 e. The molecule has 0 saturated carbocycles. The number of para-hydroxylation sites is 1. The van der Waals surface area contributed by atoms with Gasteiger partial charge in [0, 0.05) is 24.4 Å². The molecule has 0 spiro atoms. The van der Waals surface area contributed by atoms with Crippen LogP contribution in [0.4, 0.5) is 13.2 Å². The Bertz CT molecular complexity index is 1920. The smallest absolute Gasteiger partial charge is 0.490 e. The number of nitrogens with zero attached hydrogens (tertiary/aromatic N) is 3. The Balaban J connectivity index is 0.000000727. The zero-order valence-electron chi connectivity index (χ0n) is 26.7. The molecule has 7 N–H and O–H groups in total. The quantitative estimate of drug-likeness (QED) is 0.108. The molecule has 1 aromatic heterocycles. The number of carbonyl (C=O) groups is 3. The van der Waals surface area contributed by atoms with Crippen LogP contribution in [0.15, 0.2) is 71.5 Å². The molecule has 1 unspecified atom stereocenters. The number of likely N-dealkylation sites (tertiary alicyclic amines) is 1. The van der Waals surface area contributed by atoms with Crippen molar-refractivity contribution < 1.29 is 42.1 Å². The number of halogens is 3. The molecule has 4 aromatic rings. The van der Waals surface area contributed by atoms with E-state index in [2.05, 4.69) is 10.1 Å². The van der Waals surface area contributed by atoms with Gasteiger partial charge in [-0.3, -0.25) is 20.0 Å². The van der Waals surface area contributed by atoms with Crippen LogP contribution in [0.2, 0.25) is 0 Å². The second-order valence-corrected chi connectivity index (χ2v) is 11.0. The van der Waals surface area contributed by atoms with E-state index in [0.717, 1.165) is 28.8 Å². The highest BCUT2D eigenvalue weighted by molar-refractivity contribution is 5.96. The van der Waals surface area contributed by atoms with Gasteiger partial charge in [-0.25, -0.2) is 9.59 Å². The van der Waals surface area contributed by atoms with E-state index in [4.69, 9.17) is 36.3 Å². The second kappa shape index (κ2) is 15.8. The monoisotopic (exact) mass is 697 g/mol. The maximum absolute atomic E-state index is 13.1. The van der Waals surface area contributed by atoms with Crippen LogP contribution in [0.25, 0.3) is 5.69 Å². The molecule has 0 radical (unpaired) electrons. The Morgan fingerprint density at radius 2 is 1.74 bits per heavy atom. The molecule has 1 fully saturated rings. The van der Waals surface area contributed by atoms with Crippen LogP contribution in [0.5, 0.6) is 11.5 Å². The summed E-state index contributed by atoms with van der Waals surface area (Å²) >= 11 is 0. The number of benzene rings is 3. The maximum atomic E-state index is 13.1. The van der Waals surface area contributed by atoms with Crippen molar-refractivity contribution in [2.75, 3.05) is 26.8 Å². The van der Waals surface area contributed by atoms with Crippen molar-refractivity contribution in [1.82, 2.24) is 19.7 Å². The van der Waals surface area contributed by atoms with E-state index in [1.54, 1.807) is 48.4 Å². The molecule has 3 aromatic carbocycles. The summed E-state index contributed by atoms with van der Waals surface area (Å²) < 4.78 is 44.5.